The number of carbonyl (C=O) groups excluding carboxylic acids is 4. The lowest BCUT2D eigenvalue weighted by atomic mass is 9.47. The van der Waals surface area contributed by atoms with E-state index >= 15 is 0 Å². The van der Waals surface area contributed by atoms with Gasteiger partial charge in [-0.1, -0.05) is 0 Å². The normalized spacial score (nSPS) is 30.7. The Morgan fingerprint density at radius 2 is 1.74 bits per heavy atom. The SMILES string of the molecule is COC(=O)c1c(C)[nH]c(C(=O)COC(=O)C23C[C@H]4C[C@@H](CC(NC(C)=O)(C4)C2)C3)c1C. The summed E-state index contributed by atoms with van der Waals surface area (Å²) in [4.78, 5) is 52.6. The molecule has 0 aliphatic heterocycles. The zero-order valence-corrected chi connectivity index (χ0v) is 18.6. The average Bonchev–Trinajstić information content (AvgIpc) is 2.97. The summed E-state index contributed by atoms with van der Waals surface area (Å²) in [7, 11) is 1.29. The zero-order chi connectivity index (χ0) is 22.6. The Hall–Kier alpha value is -2.64. The number of H-pyrrole nitrogens is 1. The number of aryl methyl sites for hydroxylation is 1. The predicted octanol–water partition coefficient (Wildman–Crippen LogP) is 2.62. The number of esters is 2. The first-order valence-corrected chi connectivity index (χ1v) is 10.8. The highest BCUT2D eigenvalue weighted by atomic mass is 16.5. The van der Waals surface area contributed by atoms with E-state index in [1.54, 1.807) is 13.8 Å². The summed E-state index contributed by atoms with van der Waals surface area (Å²) in [5.41, 5.74) is 0.648. The van der Waals surface area contributed by atoms with Crippen LogP contribution in [-0.2, 0) is 19.1 Å². The molecule has 2 atom stereocenters. The Balaban J connectivity index is 1.48. The van der Waals surface area contributed by atoms with Crippen LogP contribution in [0.3, 0.4) is 0 Å². The van der Waals surface area contributed by atoms with Crippen LogP contribution in [0.5, 0.6) is 0 Å². The lowest BCUT2D eigenvalue weighted by Gasteiger charge is -2.60. The lowest BCUT2D eigenvalue weighted by Crippen LogP contribution is -2.64. The second-order valence-electron chi connectivity index (χ2n) is 9.82. The summed E-state index contributed by atoms with van der Waals surface area (Å²) in [6, 6.07) is 0. The molecule has 1 amide bonds. The first kappa shape index (κ1) is 21.6. The van der Waals surface area contributed by atoms with Crippen LogP contribution in [0.25, 0.3) is 0 Å². The quantitative estimate of drug-likeness (QED) is 0.530. The van der Waals surface area contributed by atoms with Crippen LogP contribution in [0, 0.1) is 31.1 Å². The van der Waals surface area contributed by atoms with Crippen molar-refractivity contribution in [2.45, 2.75) is 64.8 Å². The van der Waals surface area contributed by atoms with Gasteiger partial charge < -0.3 is 19.8 Å². The highest BCUT2D eigenvalue weighted by Gasteiger charge is 2.61. The van der Waals surface area contributed by atoms with Crippen LogP contribution in [-0.4, -0.2) is 47.9 Å². The lowest BCUT2D eigenvalue weighted by molar-refractivity contribution is -0.174. The third-order valence-corrected chi connectivity index (χ3v) is 7.38. The summed E-state index contributed by atoms with van der Waals surface area (Å²) in [5.74, 6) is -0.525. The Bertz CT molecular complexity index is 948. The molecule has 8 heteroatoms. The largest absolute Gasteiger partial charge is 0.465 e. The topological polar surface area (TPSA) is 115 Å². The van der Waals surface area contributed by atoms with Crippen molar-refractivity contribution in [2.75, 3.05) is 13.7 Å². The summed E-state index contributed by atoms with van der Waals surface area (Å²) in [6.45, 7) is 4.50. The van der Waals surface area contributed by atoms with Crippen molar-refractivity contribution in [3.8, 4) is 0 Å². The molecule has 0 spiro atoms. The molecular formula is C23H30N2O6. The molecule has 4 saturated carbocycles. The molecule has 2 N–H and O–H groups in total. The average molecular weight is 431 g/mol. The number of hydrogen-bond acceptors (Lipinski definition) is 6. The first-order valence-electron chi connectivity index (χ1n) is 10.8. The molecule has 0 unspecified atom stereocenters. The van der Waals surface area contributed by atoms with E-state index in [4.69, 9.17) is 9.47 Å². The number of ether oxygens (including phenoxy) is 2. The third-order valence-electron chi connectivity index (χ3n) is 7.38. The Labute approximate surface area is 181 Å². The number of carbonyl (C=O) groups is 4. The van der Waals surface area contributed by atoms with Gasteiger partial charge in [-0.05, 0) is 69.8 Å². The fourth-order valence-corrected chi connectivity index (χ4v) is 6.81. The molecule has 0 saturated heterocycles. The number of methoxy groups -OCH3 is 1. The van der Waals surface area contributed by atoms with E-state index in [1.807, 2.05) is 0 Å². The predicted molar refractivity (Wildman–Crippen MR) is 111 cm³/mol. The Morgan fingerprint density at radius 1 is 1.10 bits per heavy atom. The summed E-state index contributed by atoms with van der Waals surface area (Å²) in [6.07, 6.45) is 5.00. The van der Waals surface area contributed by atoms with Gasteiger partial charge in [0.25, 0.3) is 0 Å². The first-order chi connectivity index (χ1) is 14.6. The monoisotopic (exact) mass is 430 g/mol. The van der Waals surface area contributed by atoms with E-state index in [2.05, 4.69) is 10.3 Å². The Kier molecular flexibility index (Phi) is 5.22. The number of Topliss-reactive ketones (excluding diaryl/α,β-unsaturated/α-hetero) is 1. The van der Waals surface area contributed by atoms with Gasteiger partial charge in [-0.25, -0.2) is 4.79 Å². The second-order valence-corrected chi connectivity index (χ2v) is 9.82. The number of aromatic amines is 1. The minimum atomic E-state index is -0.634. The molecule has 168 valence electrons. The van der Waals surface area contributed by atoms with E-state index in [9.17, 15) is 19.2 Å². The van der Waals surface area contributed by atoms with Gasteiger partial charge in [0, 0.05) is 18.2 Å². The maximum absolute atomic E-state index is 13.2. The molecule has 1 heterocycles. The van der Waals surface area contributed by atoms with Crippen LogP contribution in [0.1, 0.15) is 77.6 Å². The Morgan fingerprint density at radius 3 is 2.32 bits per heavy atom. The third kappa shape index (κ3) is 3.66. The van der Waals surface area contributed by atoms with Crippen LogP contribution in [0.2, 0.25) is 0 Å². The van der Waals surface area contributed by atoms with Crippen LogP contribution >= 0.6 is 0 Å². The second kappa shape index (κ2) is 7.50. The smallest absolute Gasteiger partial charge is 0.339 e. The summed E-state index contributed by atoms with van der Waals surface area (Å²) in [5, 5.41) is 3.13. The maximum atomic E-state index is 13.2. The molecule has 0 aromatic carbocycles. The number of rotatable bonds is 6. The van der Waals surface area contributed by atoms with Gasteiger partial charge in [-0.2, -0.15) is 0 Å². The fraction of sp³-hybridized carbons (Fsp3) is 0.652. The molecule has 4 bridgehead atoms. The van der Waals surface area contributed by atoms with E-state index < -0.39 is 11.4 Å². The van der Waals surface area contributed by atoms with Crippen molar-refractivity contribution < 1.29 is 28.7 Å². The van der Waals surface area contributed by atoms with Crippen LogP contribution < -0.4 is 5.32 Å². The maximum Gasteiger partial charge on any atom is 0.339 e. The molecule has 1 aromatic heterocycles. The van der Waals surface area contributed by atoms with E-state index in [0.717, 1.165) is 32.1 Å². The van der Waals surface area contributed by atoms with E-state index in [0.29, 0.717) is 35.1 Å². The molecule has 8 nitrogen and oxygen atoms in total. The molecule has 5 rings (SSSR count). The minimum absolute atomic E-state index is 0.0698. The highest BCUT2D eigenvalue weighted by molar-refractivity contribution is 6.02. The minimum Gasteiger partial charge on any atom is -0.465 e. The number of amides is 1. The molecule has 31 heavy (non-hydrogen) atoms. The van der Waals surface area contributed by atoms with Gasteiger partial charge in [-0.3, -0.25) is 14.4 Å². The molecule has 4 aliphatic rings. The van der Waals surface area contributed by atoms with E-state index in [-0.39, 0.29) is 35.5 Å². The number of hydrogen-bond donors (Lipinski definition) is 2. The van der Waals surface area contributed by atoms with Gasteiger partial charge in [0.1, 0.15) is 0 Å². The summed E-state index contributed by atoms with van der Waals surface area (Å²) >= 11 is 0. The molecular weight excluding hydrogens is 400 g/mol. The highest BCUT2D eigenvalue weighted by Crippen LogP contribution is 2.62. The zero-order valence-electron chi connectivity index (χ0n) is 18.6. The number of aromatic nitrogens is 1. The molecule has 1 aromatic rings. The van der Waals surface area contributed by atoms with Crippen molar-refractivity contribution >= 4 is 23.6 Å². The van der Waals surface area contributed by atoms with Gasteiger partial charge in [0.2, 0.25) is 11.7 Å². The van der Waals surface area contributed by atoms with Crippen molar-refractivity contribution in [3.05, 3.63) is 22.5 Å². The number of nitrogens with one attached hydrogen (secondary N) is 2. The van der Waals surface area contributed by atoms with Crippen molar-refractivity contribution in [1.29, 1.82) is 0 Å². The van der Waals surface area contributed by atoms with Crippen molar-refractivity contribution in [2.24, 2.45) is 17.3 Å². The van der Waals surface area contributed by atoms with Crippen molar-refractivity contribution in [3.63, 3.8) is 0 Å². The van der Waals surface area contributed by atoms with Gasteiger partial charge >= 0.3 is 11.9 Å². The fourth-order valence-electron chi connectivity index (χ4n) is 6.81. The van der Waals surface area contributed by atoms with Gasteiger partial charge in [-0.15, -0.1) is 0 Å². The van der Waals surface area contributed by atoms with Crippen LogP contribution in [0.4, 0.5) is 0 Å². The van der Waals surface area contributed by atoms with Gasteiger partial charge in [0.15, 0.2) is 6.61 Å². The number of ketones is 1. The molecule has 4 fully saturated rings. The summed E-state index contributed by atoms with van der Waals surface area (Å²) < 4.78 is 10.3. The van der Waals surface area contributed by atoms with Gasteiger partial charge in [0.05, 0.1) is 23.8 Å². The van der Waals surface area contributed by atoms with Crippen LogP contribution in [0.15, 0.2) is 0 Å². The van der Waals surface area contributed by atoms with E-state index in [1.165, 1.54) is 14.0 Å². The van der Waals surface area contributed by atoms with Crippen molar-refractivity contribution in [1.82, 2.24) is 10.3 Å². The standard InChI is InChI=1S/C23H30N2O6/c1-12-18(20(28)30-4)13(2)24-19(12)17(27)10-31-21(29)22-6-15-5-16(7-22)9-23(8-15,11-22)25-14(3)26/h15-16,24H,5-11H2,1-4H3,(H,25,26)/t15-,16-,22?,23?/m1/s1. The molecule has 0 radical (unpaired) electrons. The molecule has 4 aliphatic carbocycles.